The number of aromatic nitrogens is 2. The molecule has 5 rings (SSSR count). The van der Waals surface area contributed by atoms with Gasteiger partial charge in [0.05, 0.1) is 5.92 Å². The largest absolute Gasteiger partial charge is 0.454 e. The van der Waals surface area contributed by atoms with Crippen molar-refractivity contribution in [3.05, 3.63) is 65.9 Å². The first-order valence-corrected chi connectivity index (χ1v) is 11.2. The third kappa shape index (κ3) is 5.00. The van der Waals surface area contributed by atoms with Crippen molar-refractivity contribution in [2.75, 3.05) is 30.1 Å². The van der Waals surface area contributed by atoms with E-state index in [-0.39, 0.29) is 18.6 Å². The van der Waals surface area contributed by atoms with Crippen molar-refractivity contribution in [2.45, 2.75) is 26.3 Å². The summed E-state index contributed by atoms with van der Waals surface area (Å²) in [5, 5.41) is 6.39. The number of carbonyl (C=O) groups is 1. The number of piperidine rings is 1. The molecule has 2 aliphatic rings. The fourth-order valence-electron chi connectivity index (χ4n) is 4.11. The van der Waals surface area contributed by atoms with Gasteiger partial charge < -0.3 is 25.0 Å². The highest BCUT2D eigenvalue weighted by Gasteiger charge is 2.27. The third-order valence-corrected chi connectivity index (χ3v) is 5.95. The SMILES string of the molecule is Cc1ccc(Nc2ccnc(N3CCCC(C(=O)NCc4ccc5c(c4)OCO5)C3)n2)cc1. The summed E-state index contributed by atoms with van der Waals surface area (Å²) in [4.78, 5) is 24.1. The van der Waals surface area contributed by atoms with Crippen LogP contribution in [-0.4, -0.2) is 35.8 Å². The van der Waals surface area contributed by atoms with E-state index in [2.05, 4.69) is 44.6 Å². The van der Waals surface area contributed by atoms with Gasteiger partial charge in [-0.3, -0.25) is 4.79 Å². The molecule has 0 saturated carbocycles. The Morgan fingerprint density at radius 2 is 1.97 bits per heavy atom. The van der Waals surface area contributed by atoms with Crippen LogP contribution in [0.4, 0.5) is 17.5 Å². The van der Waals surface area contributed by atoms with Crippen molar-refractivity contribution in [3.63, 3.8) is 0 Å². The summed E-state index contributed by atoms with van der Waals surface area (Å²) in [5.74, 6) is 2.78. The normalized spacial score (nSPS) is 17.0. The Bertz CT molecular complexity index is 1140. The van der Waals surface area contributed by atoms with E-state index in [0.29, 0.717) is 19.0 Å². The van der Waals surface area contributed by atoms with Crippen LogP contribution in [0.3, 0.4) is 0 Å². The van der Waals surface area contributed by atoms with Crippen molar-refractivity contribution in [3.8, 4) is 11.5 Å². The van der Waals surface area contributed by atoms with Crippen molar-refractivity contribution < 1.29 is 14.3 Å². The Labute approximate surface area is 193 Å². The maximum Gasteiger partial charge on any atom is 0.231 e. The molecule has 1 amide bonds. The molecular formula is C25H27N5O3. The molecule has 3 heterocycles. The average molecular weight is 446 g/mol. The molecule has 1 atom stereocenters. The predicted octanol–water partition coefficient (Wildman–Crippen LogP) is 3.79. The van der Waals surface area contributed by atoms with Gasteiger partial charge in [-0.2, -0.15) is 4.98 Å². The molecule has 2 aliphatic heterocycles. The number of aryl methyl sites for hydroxylation is 1. The van der Waals surface area contributed by atoms with Gasteiger partial charge in [0, 0.05) is 31.5 Å². The smallest absolute Gasteiger partial charge is 0.231 e. The molecule has 3 aromatic rings. The molecule has 1 unspecified atom stereocenters. The second-order valence-electron chi connectivity index (χ2n) is 8.42. The molecule has 2 N–H and O–H groups in total. The molecule has 2 aromatic carbocycles. The molecule has 8 heteroatoms. The van der Waals surface area contributed by atoms with E-state index >= 15 is 0 Å². The van der Waals surface area contributed by atoms with Gasteiger partial charge in [-0.25, -0.2) is 4.98 Å². The molecule has 1 fully saturated rings. The Morgan fingerprint density at radius 3 is 2.85 bits per heavy atom. The lowest BCUT2D eigenvalue weighted by molar-refractivity contribution is -0.125. The van der Waals surface area contributed by atoms with Crippen LogP contribution in [-0.2, 0) is 11.3 Å². The quantitative estimate of drug-likeness (QED) is 0.597. The van der Waals surface area contributed by atoms with Gasteiger partial charge >= 0.3 is 0 Å². The zero-order valence-corrected chi connectivity index (χ0v) is 18.6. The maximum atomic E-state index is 12.9. The van der Waals surface area contributed by atoms with E-state index in [4.69, 9.17) is 9.47 Å². The van der Waals surface area contributed by atoms with Crippen LogP contribution >= 0.6 is 0 Å². The number of hydrogen-bond donors (Lipinski definition) is 2. The zero-order valence-electron chi connectivity index (χ0n) is 18.6. The molecule has 0 aliphatic carbocycles. The fraction of sp³-hybridized carbons (Fsp3) is 0.320. The van der Waals surface area contributed by atoms with Crippen molar-refractivity contribution in [1.29, 1.82) is 0 Å². The second kappa shape index (κ2) is 9.36. The van der Waals surface area contributed by atoms with Crippen LogP contribution in [0.5, 0.6) is 11.5 Å². The number of ether oxygens (including phenoxy) is 2. The molecule has 0 bridgehead atoms. The van der Waals surface area contributed by atoms with E-state index in [9.17, 15) is 4.79 Å². The van der Waals surface area contributed by atoms with Gasteiger partial charge in [0.1, 0.15) is 5.82 Å². The average Bonchev–Trinajstić information content (AvgIpc) is 3.32. The highest BCUT2D eigenvalue weighted by atomic mass is 16.7. The summed E-state index contributed by atoms with van der Waals surface area (Å²) in [7, 11) is 0. The summed E-state index contributed by atoms with van der Waals surface area (Å²) >= 11 is 0. The van der Waals surface area contributed by atoms with Gasteiger partial charge in [0.2, 0.25) is 18.6 Å². The minimum Gasteiger partial charge on any atom is -0.454 e. The Morgan fingerprint density at radius 1 is 1.12 bits per heavy atom. The molecule has 1 aromatic heterocycles. The van der Waals surface area contributed by atoms with Gasteiger partial charge in [0.15, 0.2) is 11.5 Å². The van der Waals surface area contributed by atoms with Crippen LogP contribution < -0.4 is 25.0 Å². The van der Waals surface area contributed by atoms with Gasteiger partial charge in [-0.05, 0) is 55.7 Å². The number of fused-ring (bicyclic) bond motifs is 1. The first kappa shape index (κ1) is 21.1. The van der Waals surface area contributed by atoms with Gasteiger partial charge in [-0.1, -0.05) is 23.8 Å². The molecule has 33 heavy (non-hydrogen) atoms. The topological polar surface area (TPSA) is 88.6 Å². The summed E-state index contributed by atoms with van der Waals surface area (Å²) in [6.45, 7) is 4.19. The van der Waals surface area contributed by atoms with Crippen LogP contribution in [0, 0.1) is 12.8 Å². The fourth-order valence-corrected chi connectivity index (χ4v) is 4.11. The number of nitrogens with one attached hydrogen (secondary N) is 2. The Balaban J connectivity index is 1.19. The molecular weight excluding hydrogens is 418 g/mol. The lowest BCUT2D eigenvalue weighted by atomic mass is 9.97. The standard InChI is InChI=1S/C25H27N5O3/c1-17-4-7-20(8-5-17)28-23-10-11-26-25(29-23)30-12-2-3-19(15-30)24(31)27-14-18-6-9-21-22(13-18)33-16-32-21/h4-11,13,19H,2-3,12,14-16H2,1H3,(H,27,31)(H,26,28,29). The minimum absolute atomic E-state index is 0.0475. The minimum atomic E-state index is -0.106. The van der Waals surface area contributed by atoms with Crippen molar-refractivity contribution in [1.82, 2.24) is 15.3 Å². The lowest BCUT2D eigenvalue weighted by Gasteiger charge is -2.32. The van der Waals surface area contributed by atoms with Crippen LogP contribution in [0.25, 0.3) is 0 Å². The Hall–Kier alpha value is -3.81. The number of anilines is 3. The number of carbonyl (C=O) groups excluding carboxylic acids is 1. The van der Waals surface area contributed by atoms with Crippen LogP contribution in [0.15, 0.2) is 54.7 Å². The number of rotatable bonds is 6. The maximum absolute atomic E-state index is 12.9. The van der Waals surface area contributed by atoms with Crippen LogP contribution in [0.2, 0.25) is 0 Å². The summed E-state index contributed by atoms with van der Waals surface area (Å²) in [6.07, 6.45) is 3.52. The van der Waals surface area contributed by atoms with E-state index in [0.717, 1.165) is 48.0 Å². The summed E-state index contributed by atoms with van der Waals surface area (Å²) in [5.41, 5.74) is 3.17. The van der Waals surface area contributed by atoms with Crippen LogP contribution in [0.1, 0.15) is 24.0 Å². The zero-order chi connectivity index (χ0) is 22.6. The van der Waals surface area contributed by atoms with Gasteiger partial charge in [0.25, 0.3) is 0 Å². The number of amides is 1. The Kier molecular flexibility index (Phi) is 5.97. The van der Waals surface area contributed by atoms with E-state index in [1.807, 2.05) is 36.4 Å². The number of hydrogen-bond acceptors (Lipinski definition) is 7. The second-order valence-corrected chi connectivity index (χ2v) is 8.42. The molecule has 0 radical (unpaired) electrons. The summed E-state index contributed by atoms with van der Waals surface area (Å²) < 4.78 is 10.8. The van der Waals surface area contributed by atoms with E-state index in [1.165, 1.54) is 5.56 Å². The molecule has 8 nitrogen and oxygen atoms in total. The van der Waals surface area contributed by atoms with Crippen molar-refractivity contribution in [2.24, 2.45) is 5.92 Å². The van der Waals surface area contributed by atoms with Gasteiger partial charge in [-0.15, -0.1) is 0 Å². The third-order valence-electron chi connectivity index (χ3n) is 5.95. The number of benzene rings is 2. The molecule has 0 spiro atoms. The highest BCUT2D eigenvalue weighted by Crippen LogP contribution is 2.32. The molecule has 1 saturated heterocycles. The summed E-state index contributed by atoms with van der Waals surface area (Å²) in [6, 6.07) is 15.8. The number of nitrogens with zero attached hydrogens (tertiary/aromatic N) is 3. The highest BCUT2D eigenvalue weighted by molar-refractivity contribution is 5.79. The lowest BCUT2D eigenvalue weighted by Crippen LogP contribution is -2.43. The predicted molar refractivity (Wildman–Crippen MR) is 126 cm³/mol. The molecule has 170 valence electrons. The monoisotopic (exact) mass is 445 g/mol. The van der Waals surface area contributed by atoms with E-state index < -0.39 is 0 Å². The first-order chi connectivity index (χ1) is 16.1. The van der Waals surface area contributed by atoms with Crippen molar-refractivity contribution >= 4 is 23.4 Å². The first-order valence-electron chi connectivity index (χ1n) is 11.2. The van der Waals surface area contributed by atoms with E-state index in [1.54, 1.807) is 6.20 Å².